The number of nitrogens with zero attached hydrogens (tertiary/aromatic N) is 7. The van der Waals surface area contributed by atoms with Crippen LogP contribution in [0.1, 0.15) is 78.3 Å². The molecule has 2 N–H and O–H groups in total. The van der Waals surface area contributed by atoms with Crippen molar-refractivity contribution in [2.75, 3.05) is 19.3 Å². The lowest BCUT2D eigenvalue weighted by Crippen LogP contribution is -2.38. The molecule has 4 aromatic rings. The van der Waals surface area contributed by atoms with E-state index in [2.05, 4.69) is 30.1 Å². The van der Waals surface area contributed by atoms with Crippen molar-refractivity contribution in [1.29, 1.82) is 5.26 Å². The molecule has 1 fully saturated rings. The summed E-state index contributed by atoms with van der Waals surface area (Å²) >= 11 is 1.55. The molecule has 1 aliphatic heterocycles. The standard InChI is InChI=1S/C31H36N8O2S/c1-17-16-39(4)36-26(17)21-14-24(40-18(2)22-9-7-13-38(22)3)35-30(34-21)27-19-8-5-11-31(28(19)41-37-27)12-6-10-23-25(31)20(15-32)29(33)42-23/h14,16,18,22H,5-13,33H2,1-4H3/t18-,22-,31-/m0/s1. The third kappa shape index (κ3) is 4.23. The zero-order valence-corrected chi connectivity index (χ0v) is 25.4. The fourth-order valence-corrected chi connectivity index (χ4v) is 8.75. The minimum absolute atomic E-state index is 0.0402. The number of thiophene rings is 1. The van der Waals surface area contributed by atoms with Crippen molar-refractivity contribution in [2.24, 2.45) is 7.05 Å². The molecule has 11 heteroatoms. The second-order valence-corrected chi connectivity index (χ2v) is 13.3. The first-order valence-electron chi connectivity index (χ1n) is 14.9. The van der Waals surface area contributed by atoms with Gasteiger partial charge in [0.1, 0.15) is 22.9 Å². The van der Waals surface area contributed by atoms with E-state index in [1.807, 2.05) is 26.2 Å². The molecular weight excluding hydrogens is 548 g/mol. The molecule has 0 bridgehead atoms. The fraction of sp³-hybridized carbons (Fsp3) is 0.516. The number of nitrogens with two attached hydrogens (primary N) is 1. The molecule has 218 valence electrons. The summed E-state index contributed by atoms with van der Waals surface area (Å²) in [6.45, 7) is 5.22. The van der Waals surface area contributed by atoms with Crippen LogP contribution in [0.15, 0.2) is 16.8 Å². The van der Waals surface area contributed by atoms with E-state index in [-0.39, 0.29) is 6.10 Å². The first-order valence-corrected chi connectivity index (χ1v) is 15.7. The summed E-state index contributed by atoms with van der Waals surface area (Å²) in [5.41, 5.74) is 11.8. The van der Waals surface area contributed by atoms with Gasteiger partial charge in [0, 0.05) is 35.8 Å². The lowest BCUT2D eigenvalue weighted by atomic mass is 9.63. The maximum atomic E-state index is 10.1. The molecular formula is C31H36N8O2S. The summed E-state index contributed by atoms with van der Waals surface area (Å²) in [4.78, 5) is 13.5. The van der Waals surface area contributed by atoms with Crippen LogP contribution in [0.25, 0.3) is 22.9 Å². The first kappa shape index (κ1) is 27.1. The highest BCUT2D eigenvalue weighted by Gasteiger charge is 2.48. The van der Waals surface area contributed by atoms with Crippen LogP contribution in [-0.4, -0.2) is 55.5 Å². The summed E-state index contributed by atoms with van der Waals surface area (Å²) in [5.74, 6) is 1.82. The highest BCUT2D eigenvalue weighted by molar-refractivity contribution is 7.16. The lowest BCUT2D eigenvalue weighted by Gasteiger charge is -2.39. The molecule has 10 nitrogen and oxygen atoms in total. The zero-order valence-electron chi connectivity index (χ0n) is 24.6. The number of aromatic nitrogens is 5. The third-order valence-electron chi connectivity index (χ3n) is 9.45. The number of nitrogen functional groups attached to an aromatic ring is 1. The number of hydrogen-bond acceptors (Lipinski definition) is 10. The van der Waals surface area contributed by atoms with E-state index in [0.29, 0.717) is 39.7 Å². The summed E-state index contributed by atoms with van der Waals surface area (Å²) in [5, 5.41) is 20.0. The molecule has 0 aromatic carbocycles. The topological polar surface area (TPSA) is 132 Å². The Bertz CT molecular complexity index is 1710. The van der Waals surface area contributed by atoms with Crippen molar-refractivity contribution >= 4 is 16.3 Å². The third-order valence-corrected chi connectivity index (χ3v) is 10.5. The van der Waals surface area contributed by atoms with Gasteiger partial charge in [-0.2, -0.15) is 15.3 Å². The maximum Gasteiger partial charge on any atom is 0.217 e. The minimum atomic E-state index is -0.401. The quantitative estimate of drug-likeness (QED) is 0.337. The van der Waals surface area contributed by atoms with Gasteiger partial charge in [-0.15, -0.1) is 11.3 Å². The number of likely N-dealkylation sites (N-methyl/N-ethyl adjacent to an activating group) is 1. The molecule has 1 saturated heterocycles. The molecule has 42 heavy (non-hydrogen) atoms. The second kappa shape index (κ2) is 10.2. The predicted molar refractivity (Wildman–Crippen MR) is 160 cm³/mol. The molecule has 0 unspecified atom stereocenters. The van der Waals surface area contributed by atoms with Crippen molar-refractivity contribution in [2.45, 2.75) is 82.8 Å². The van der Waals surface area contributed by atoms with E-state index < -0.39 is 5.41 Å². The van der Waals surface area contributed by atoms with Crippen LogP contribution < -0.4 is 10.5 Å². The van der Waals surface area contributed by atoms with E-state index in [1.54, 1.807) is 16.0 Å². The molecule has 2 aliphatic carbocycles. The van der Waals surface area contributed by atoms with Gasteiger partial charge in [0.15, 0.2) is 17.3 Å². The average Bonchev–Trinajstić information content (AvgIpc) is 3.74. The molecule has 3 atom stereocenters. The Kier molecular flexibility index (Phi) is 6.59. The fourth-order valence-electron chi connectivity index (χ4n) is 7.59. The molecule has 0 radical (unpaired) electrons. The number of fused-ring (bicyclic) bond motifs is 4. The van der Waals surface area contributed by atoms with Crippen LogP contribution in [0.2, 0.25) is 0 Å². The highest BCUT2D eigenvalue weighted by Crippen LogP contribution is 2.55. The van der Waals surface area contributed by atoms with Gasteiger partial charge in [-0.1, -0.05) is 5.16 Å². The Morgan fingerprint density at radius 1 is 1.19 bits per heavy atom. The molecule has 0 amide bonds. The Morgan fingerprint density at radius 2 is 2.00 bits per heavy atom. The Balaban J connectivity index is 1.35. The summed E-state index contributed by atoms with van der Waals surface area (Å²) < 4.78 is 14.6. The number of anilines is 1. The lowest BCUT2D eigenvalue weighted by molar-refractivity contribution is 0.117. The van der Waals surface area contributed by atoms with E-state index >= 15 is 0 Å². The zero-order chi connectivity index (χ0) is 29.2. The number of ether oxygens (including phenoxy) is 1. The van der Waals surface area contributed by atoms with Gasteiger partial charge in [0.25, 0.3) is 0 Å². The van der Waals surface area contributed by atoms with Crippen molar-refractivity contribution in [3.8, 4) is 34.9 Å². The Morgan fingerprint density at radius 3 is 2.71 bits per heavy atom. The van der Waals surface area contributed by atoms with Crippen molar-refractivity contribution in [3.63, 3.8) is 0 Å². The first-order chi connectivity index (χ1) is 20.3. The predicted octanol–water partition coefficient (Wildman–Crippen LogP) is 5.18. The summed E-state index contributed by atoms with van der Waals surface area (Å²) in [6, 6.07) is 4.62. The van der Waals surface area contributed by atoms with Crippen LogP contribution in [-0.2, 0) is 25.3 Å². The summed E-state index contributed by atoms with van der Waals surface area (Å²) in [7, 11) is 4.06. The largest absolute Gasteiger partial charge is 0.473 e. The number of nitriles is 1. The smallest absolute Gasteiger partial charge is 0.217 e. The number of hydrogen-bond donors (Lipinski definition) is 1. The molecule has 1 spiro atoms. The summed E-state index contributed by atoms with van der Waals surface area (Å²) in [6.07, 6.45) is 9.73. The van der Waals surface area contributed by atoms with Crippen LogP contribution in [0.4, 0.5) is 5.00 Å². The highest BCUT2D eigenvalue weighted by atomic mass is 32.1. The van der Waals surface area contributed by atoms with Gasteiger partial charge < -0.3 is 15.0 Å². The van der Waals surface area contributed by atoms with Crippen LogP contribution in [0, 0.1) is 18.3 Å². The van der Waals surface area contributed by atoms with E-state index in [1.165, 1.54) is 11.3 Å². The van der Waals surface area contributed by atoms with Gasteiger partial charge in [-0.25, -0.2) is 4.98 Å². The van der Waals surface area contributed by atoms with Crippen LogP contribution in [0.3, 0.4) is 0 Å². The average molecular weight is 585 g/mol. The SMILES string of the molecule is Cc1cn(C)nc1-c1cc(O[C@@H](C)[C@@H]2CCCN2C)nc(-c2noc3c2CCC[C@@]32CCCc3sc(N)c(C#N)c32)n1. The van der Waals surface area contributed by atoms with Crippen molar-refractivity contribution < 1.29 is 9.26 Å². The van der Waals surface area contributed by atoms with Crippen molar-refractivity contribution in [1.82, 2.24) is 29.8 Å². The van der Waals surface area contributed by atoms with Gasteiger partial charge in [-0.05, 0) is 89.9 Å². The molecule has 0 saturated carbocycles. The molecule has 7 rings (SSSR count). The maximum absolute atomic E-state index is 10.1. The number of aryl methyl sites for hydroxylation is 3. The molecule has 5 heterocycles. The molecule has 4 aromatic heterocycles. The number of rotatable bonds is 5. The van der Waals surface area contributed by atoms with Gasteiger partial charge >= 0.3 is 0 Å². The van der Waals surface area contributed by atoms with Gasteiger partial charge in [0.2, 0.25) is 5.88 Å². The van der Waals surface area contributed by atoms with E-state index in [0.717, 1.165) is 79.6 Å². The Hall–Kier alpha value is -3.75. The van der Waals surface area contributed by atoms with Crippen LogP contribution in [0.5, 0.6) is 5.88 Å². The normalized spacial score (nSPS) is 22.6. The van der Waals surface area contributed by atoms with Gasteiger partial charge in [-0.3, -0.25) is 9.58 Å². The monoisotopic (exact) mass is 584 g/mol. The number of likely N-dealkylation sites (tertiary alicyclic amines) is 1. The molecule has 3 aliphatic rings. The van der Waals surface area contributed by atoms with Gasteiger partial charge in [0.05, 0.1) is 16.7 Å². The minimum Gasteiger partial charge on any atom is -0.473 e. The Labute approximate surface area is 249 Å². The van der Waals surface area contributed by atoms with Crippen LogP contribution >= 0.6 is 11.3 Å². The van der Waals surface area contributed by atoms with E-state index in [4.69, 9.17) is 30.1 Å². The second-order valence-electron chi connectivity index (χ2n) is 12.1. The van der Waals surface area contributed by atoms with Crippen molar-refractivity contribution in [3.05, 3.63) is 45.2 Å². The van der Waals surface area contributed by atoms with E-state index in [9.17, 15) is 5.26 Å².